The van der Waals surface area contributed by atoms with E-state index in [1.165, 1.54) is 14.2 Å². The Labute approximate surface area is 114 Å². The molecule has 1 unspecified atom stereocenters. The summed E-state index contributed by atoms with van der Waals surface area (Å²) >= 11 is 0. The van der Waals surface area contributed by atoms with Crippen LogP contribution in [0.5, 0.6) is 11.5 Å². The van der Waals surface area contributed by atoms with Crippen LogP contribution in [0.2, 0.25) is 0 Å². The van der Waals surface area contributed by atoms with Gasteiger partial charge < -0.3 is 14.2 Å². The van der Waals surface area contributed by atoms with E-state index in [2.05, 4.69) is 0 Å². The van der Waals surface area contributed by atoms with Crippen molar-refractivity contribution in [2.24, 2.45) is 5.92 Å². The van der Waals surface area contributed by atoms with Gasteiger partial charge in [0.05, 0.1) is 14.2 Å². The zero-order chi connectivity index (χ0) is 14.4. The molecule has 1 aromatic rings. The van der Waals surface area contributed by atoms with Crippen LogP contribution in [-0.2, 0) is 4.74 Å². The molecule has 0 aliphatic rings. The van der Waals surface area contributed by atoms with Crippen molar-refractivity contribution in [2.75, 3.05) is 20.8 Å². The molecule has 1 rings (SSSR count). The molecule has 0 aromatic heterocycles. The van der Waals surface area contributed by atoms with E-state index in [-0.39, 0.29) is 11.7 Å². The van der Waals surface area contributed by atoms with E-state index in [4.69, 9.17) is 14.2 Å². The van der Waals surface area contributed by atoms with Crippen LogP contribution in [0.15, 0.2) is 18.2 Å². The number of hydrogen-bond donors (Lipinski definition) is 0. The lowest BCUT2D eigenvalue weighted by Crippen LogP contribution is -2.30. The average Bonchev–Trinajstić information content (AvgIpc) is 2.42. The van der Waals surface area contributed by atoms with Crippen molar-refractivity contribution < 1.29 is 19.0 Å². The second-order valence-electron chi connectivity index (χ2n) is 4.52. The summed E-state index contributed by atoms with van der Waals surface area (Å²) in [5.41, 5.74) is 0.444. The number of carbonyl (C=O) groups excluding carboxylic acids is 1. The van der Waals surface area contributed by atoms with Gasteiger partial charge in [0.2, 0.25) is 0 Å². The smallest absolute Gasteiger partial charge is 0.199 e. The fourth-order valence-electron chi connectivity index (χ4n) is 1.99. The molecule has 0 saturated heterocycles. The molecule has 0 N–H and O–H groups in total. The Morgan fingerprint density at radius 1 is 1.16 bits per heavy atom. The molecule has 0 aliphatic heterocycles. The van der Waals surface area contributed by atoms with Crippen molar-refractivity contribution in [3.8, 4) is 11.5 Å². The minimum Gasteiger partial charge on any atom is -0.496 e. The Morgan fingerprint density at radius 2 is 1.68 bits per heavy atom. The van der Waals surface area contributed by atoms with Crippen LogP contribution in [0.25, 0.3) is 0 Å². The highest BCUT2D eigenvalue weighted by Gasteiger charge is 2.29. The predicted octanol–water partition coefficient (Wildman–Crippen LogP) is 2.95. The molecule has 0 saturated carbocycles. The molecule has 1 atom stereocenters. The molecular weight excluding hydrogens is 244 g/mol. The van der Waals surface area contributed by atoms with E-state index >= 15 is 0 Å². The third-order valence-electron chi connectivity index (χ3n) is 2.88. The Bertz CT molecular complexity index is 404. The fourth-order valence-corrected chi connectivity index (χ4v) is 1.99. The third-order valence-corrected chi connectivity index (χ3v) is 2.88. The standard InChI is InChI=1S/C15H22O4/c1-6-19-15(10(2)3)14(16)13-11(17-4)8-7-9-12(13)18-5/h7-10,15H,6H2,1-5H3. The van der Waals surface area contributed by atoms with E-state index in [9.17, 15) is 4.79 Å². The molecule has 0 fully saturated rings. The number of ether oxygens (including phenoxy) is 3. The zero-order valence-electron chi connectivity index (χ0n) is 12.2. The molecule has 0 heterocycles. The van der Waals surface area contributed by atoms with E-state index < -0.39 is 6.10 Å². The summed E-state index contributed by atoms with van der Waals surface area (Å²) in [7, 11) is 3.08. The molecule has 4 heteroatoms. The van der Waals surface area contributed by atoms with Gasteiger partial charge in [-0.25, -0.2) is 0 Å². The summed E-state index contributed by atoms with van der Waals surface area (Å²) in [6.07, 6.45) is -0.491. The highest BCUT2D eigenvalue weighted by atomic mass is 16.5. The second kappa shape index (κ2) is 7.14. The van der Waals surface area contributed by atoms with E-state index in [1.807, 2.05) is 20.8 Å². The first-order chi connectivity index (χ1) is 9.06. The van der Waals surface area contributed by atoms with Gasteiger partial charge >= 0.3 is 0 Å². The number of benzene rings is 1. The van der Waals surface area contributed by atoms with Crippen LogP contribution in [0.1, 0.15) is 31.1 Å². The molecule has 4 nitrogen and oxygen atoms in total. The summed E-state index contributed by atoms with van der Waals surface area (Å²) in [5.74, 6) is 0.998. The maximum Gasteiger partial charge on any atom is 0.199 e. The molecule has 0 aliphatic carbocycles. The lowest BCUT2D eigenvalue weighted by Gasteiger charge is -2.21. The van der Waals surface area contributed by atoms with Gasteiger partial charge in [0.1, 0.15) is 23.2 Å². The van der Waals surface area contributed by atoms with E-state index in [1.54, 1.807) is 18.2 Å². The summed E-state index contributed by atoms with van der Waals surface area (Å²) < 4.78 is 16.1. The number of methoxy groups -OCH3 is 2. The highest BCUT2D eigenvalue weighted by Crippen LogP contribution is 2.31. The molecule has 0 spiro atoms. The van der Waals surface area contributed by atoms with Gasteiger partial charge in [-0.05, 0) is 25.0 Å². The molecule has 19 heavy (non-hydrogen) atoms. The van der Waals surface area contributed by atoms with Crippen LogP contribution in [-0.4, -0.2) is 32.7 Å². The quantitative estimate of drug-likeness (QED) is 0.712. The number of ketones is 1. The summed E-state index contributed by atoms with van der Waals surface area (Å²) in [6, 6.07) is 5.29. The van der Waals surface area contributed by atoms with E-state index in [0.717, 1.165) is 0 Å². The predicted molar refractivity (Wildman–Crippen MR) is 74.1 cm³/mol. The highest BCUT2D eigenvalue weighted by molar-refractivity contribution is 6.04. The second-order valence-corrected chi connectivity index (χ2v) is 4.52. The Hall–Kier alpha value is -1.55. The Morgan fingerprint density at radius 3 is 2.05 bits per heavy atom. The molecule has 106 valence electrons. The number of hydrogen-bond acceptors (Lipinski definition) is 4. The molecule has 1 aromatic carbocycles. The van der Waals surface area contributed by atoms with Crippen LogP contribution in [0.3, 0.4) is 0 Å². The Kier molecular flexibility index (Phi) is 5.83. The number of carbonyl (C=O) groups is 1. The first-order valence-electron chi connectivity index (χ1n) is 6.43. The van der Waals surface area contributed by atoms with Crippen LogP contribution >= 0.6 is 0 Å². The summed E-state index contributed by atoms with van der Waals surface area (Å²) in [4.78, 5) is 12.7. The third kappa shape index (κ3) is 3.47. The minimum atomic E-state index is -0.491. The van der Waals surface area contributed by atoms with Gasteiger partial charge in [0.25, 0.3) is 0 Å². The lowest BCUT2D eigenvalue weighted by molar-refractivity contribution is 0.0275. The van der Waals surface area contributed by atoms with Crippen LogP contribution in [0.4, 0.5) is 0 Å². The zero-order valence-corrected chi connectivity index (χ0v) is 12.2. The minimum absolute atomic E-state index is 0.0852. The fraction of sp³-hybridized carbons (Fsp3) is 0.533. The number of Topliss-reactive ketones (excluding diaryl/α,β-unsaturated/α-hetero) is 1. The molecule has 0 bridgehead atoms. The van der Waals surface area contributed by atoms with Crippen molar-refractivity contribution in [3.05, 3.63) is 23.8 Å². The monoisotopic (exact) mass is 266 g/mol. The lowest BCUT2D eigenvalue weighted by atomic mass is 9.96. The normalized spacial score (nSPS) is 12.3. The van der Waals surface area contributed by atoms with Gasteiger partial charge in [0.15, 0.2) is 5.78 Å². The topological polar surface area (TPSA) is 44.8 Å². The van der Waals surface area contributed by atoms with Gasteiger partial charge in [-0.15, -0.1) is 0 Å². The van der Waals surface area contributed by atoms with Gasteiger partial charge in [-0.2, -0.15) is 0 Å². The maximum atomic E-state index is 12.7. The van der Waals surface area contributed by atoms with Crippen LogP contribution < -0.4 is 9.47 Å². The Balaban J connectivity index is 3.22. The van der Waals surface area contributed by atoms with Crippen molar-refractivity contribution in [3.63, 3.8) is 0 Å². The number of rotatable bonds is 7. The maximum absolute atomic E-state index is 12.7. The SMILES string of the molecule is CCOC(C(=O)c1c(OC)cccc1OC)C(C)C. The summed E-state index contributed by atoms with van der Waals surface area (Å²) in [6.45, 7) is 6.29. The van der Waals surface area contributed by atoms with Crippen molar-refractivity contribution >= 4 is 5.78 Å². The first kappa shape index (κ1) is 15.5. The van der Waals surface area contributed by atoms with Gasteiger partial charge in [-0.1, -0.05) is 19.9 Å². The van der Waals surface area contributed by atoms with Crippen molar-refractivity contribution in [2.45, 2.75) is 26.9 Å². The molecular formula is C15H22O4. The molecule has 0 amide bonds. The van der Waals surface area contributed by atoms with Crippen molar-refractivity contribution in [1.82, 2.24) is 0 Å². The van der Waals surface area contributed by atoms with E-state index in [0.29, 0.717) is 23.7 Å². The average molecular weight is 266 g/mol. The van der Waals surface area contributed by atoms with Gasteiger partial charge in [0, 0.05) is 6.61 Å². The largest absolute Gasteiger partial charge is 0.496 e. The van der Waals surface area contributed by atoms with Crippen LogP contribution in [0, 0.1) is 5.92 Å². The molecule has 0 radical (unpaired) electrons. The van der Waals surface area contributed by atoms with Gasteiger partial charge in [-0.3, -0.25) is 4.79 Å². The van der Waals surface area contributed by atoms with Crippen molar-refractivity contribution in [1.29, 1.82) is 0 Å². The summed E-state index contributed by atoms with van der Waals surface area (Å²) in [5, 5.41) is 0. The first-order valence-corrected chi connectivity index (χ1v) is 6.43.